The summed E-state index contributed by atoms with van der Waals surface area (Å²) < 4.78 is 5.38. The van der Waals surface area contributed by atoms with Crippen molar-refractivity contribution in [3.8, 4) is 0 Å². The van der Waals surface area contributed by atoms with Gasteiger partial charge in [-0.25, -0.2) is 0 Å². The van der Waals surface area contributed by atoms with E-state index in [0.29, 0.717) is 12.6 Å². The topological polar surface area (TPSA) is 21.3 Å². The summed E-state index contributed by atoms with van der Waals surface area (Å²) in [5.74, 6) is 0. The van der Waals surface area contributed by atoms with Crippen LogP contribution in [0.15, 0.2) is 60.7 Å². The predicted octanol–water partition coefficient (Wildman–Crippen LogP) is 4.12. The van der Waals surface area contributed by atoms with E-state index in [2.05, 4.69) is 66.8 Å². The molecule has 0 fully saturated rings. The molecule has 0 aromatic heterocycles. The zero-order valence-electron chi connectivity index (χ0n) is 12.3. The molecule has 0 saturated heterocycles. The summed E-state index contributed by atoms with van der Waals surface area (Å²) in [4.78, 5) is 0. The standard InChI is InChI=1S/C18H23NO/c1-3-17(15-10-6-4-7-11-15)19-18(14-20-2)16-12-8-5-9-13-16/h4-13,17-19H,3,14H2,1-2H3/t17-,18-/m0/s1. The normalized spacial score (nSPS) is 13.9. The van der Waals surface area contributed by atoms with Crippen molar-refractivity contribution in [3.05, 3.63) is 71.8 Å². The highest BCUT2D eigenvalue weighted by Crippen LogP contribution is 2.22. The predicted molar refractivity (Wildman–Crippen MR) is 83.7 cm³/mol. The number of hydrogen-bond acceptors (Lipinski definition) is 2. The molecule has 2 atom stereocenters. The Morgan fingerprint density at radius 2 is 1.35 bits per heavy atom. The third-order valence-electron chi connectivity index (χ3n) is 3.55. The molecule has 0 amide bonds. The Kier molecular flexibility index (Phi) is 5.78. The largest absolute Gasteiger partial charge is 0.383 e. The average Bonchev–Trinajstić information content (AvgIpc) is 2.53. The summed E-state index contributed by atoms with van der Waals surface area (Å²) in [7, 11) is 1.75. The minimum Gasteiger partial charge on any atom is -0.383 e. The highest BCUT2D eigenvalue weighted by Gasteiger charge is 2.16. The summed E-state index contributed by atoms with van der Waals surface area (Å²) >= 11 is 0. The average molecular weight is 269 g/mol. The molecule has 2 nitrogen and oxygen atoms in total. The quantitative estimate of drug-likeness (QED) is 0.816. The Labute approximate surface area is 121 Å². The van der Waals surface area contributed by atoms with Crippen LogP contribution in [0.5, 0.6) is 0 Å². The molecule has 0 aliphatic heterocycles. The lowest BCUT2D eigenvalue weighted by Crippen LogP contribution is -2.29. The van der Waals surface area contributed by atoms with Crippen molar-refractivity contribution >= 4 is 0 Å². The van der Waals surface area contributed by atoms with E-state index in [4.69, 9.17) is 4.74 Å². The monoisotopic (exact) mass is 269 g/mol. The second-order valence-electron chi connectivity index (χ2n) is 4.96. The SMILES string of the molecule is CC[C@H](N[C@@H](COC)c1ccccc1)c1ccccc1. The lowest BCUT2D eigenvalue weighted by atomic mass is 10.0. The number of benzene rings is 2. The molecular weight excluding hydrogens is 246 g/mol. The van der Waals surface area contributed by atoms with E-state index in [1.165, 1.54) is 11.1 Å². The van der Waals surface area contributed by atoms with E-state index in [-0.39, 0.29) is 6.04 Å². The molecule has 0 radical (unpaired) electrons. The van der Waals surface area contributed by atoms with Crippen LogP contribution < -0.4 is 5.32 Å². The van der Waals surface area contributed by atoms with Crippen molar-refractivity contribution in [1.29, 1.82) is 0 Å². The van der Waals surface area contributed by atoms with Gasteiger partial charge >= 0.3 is 0 Å². The van der Waals surface area contributed by atoms with Gasteiger partial charge in [0.25, 0.3) is 0 Å². The maximum absolute atomic E-state index is 5.38. The van der Waals surface area contributed by atoms with Gasteiger partial charge in [-0.15, -0.1) is 0 Å². The highest BCUT2D eigenvalue weighted by atomic mass is 16.5. The third-order valence-corrected chi connectivity index (χ3v) is 3.55. The summed E-state index contributed by atoms with van der Waals surface area (Å²) in [5.41, 5.74) is 2.59. The Bertz CT molecular complexity index is 483. The molecule has 0 aliphatic rings. The van der Waals surface area contributed by atoms with Gasteiger partial charge in [-0.05, 0) is 17.5 Å². The van der Waals surface area contributed by atoms with E-state index < -0.39 is 0 Å². The summed E-state index contributed by atoms with van der Waals surface area (Å²) in [6, 6.07) is 21.6. The molecule has 0 heterocycles. The number of rotatable bonds is 7. The first-order chi connectivity index (χ1) is 9.85. The van der Waals surface area contributed by atoms with Gasteiger partial charge in [-0.2, -0.15) is 0 Å². The molecule has 2 aromatic carbocycles. The number of nitrogens with one attached hydrogen (secondary N) is 1. The smallest absolute Gasteiger partial charge is 0.0657 e. The van der Waals surface area contributed by atoms with Crippen LogP contribution in [0, 0.1) is 0 Å². The molecule has 0 spiro atoms. The fraction of sp³-hybridized carbons (Fsp3) is 0.333. The van der Waals surface area contributed by atoms with E-state index in [9.17, 15) is 0 Å². The zero-order chi connectivity index (χ0) is 14.2. The van der Waals surface area contributed by atoms with Crippen LogP contribution in [-0.4, -0.2) is 13.7 Å². The second kappa shape index (κ2) is 7.83. The van der Waals surface area contributed by atoms with Crippen molar-refractivity contribution in [3.63, 3.8) is 0 Å². The molecule has 20 heavy (non-hydrogen) atoms. The van der Waals surface area contributed by atoms with Crippen molar-refractivity contribution in [2.45, 2.75) is 25.4 Å². The third kappa shape index (κ3) is 3.92. The van der Waals surface area contributed by atoms with Crippen molar-refractivity contribution < 1.29 is 4.74 Å². The maximum atomic E-state index is 5.38. The van der Waals surface area contributed by atoms with Gasteiger partial charge in [-0.3, -0.25) is 0 Å². The maximum Gasteiger partial charge on any atom is 0.0657 e. The van der Waals surface area contributed by atoms with Gasteiger partial charge in [0.05, 0.1) is 12.6 Å². The van der Waals surface area contributed by atoms with E-state index in [0.717, 1.165) is 6.42 Å². The van der Waals surface area contributed by atoms with Gasteiger partial charge in [0.15, 0.2) is 0 Å². The molecule has 2 heteroatoms. The van der Waals surface area contributed by atoms with Crippen LogP contribution in [0.3, 0.4) is 0 Å². The molecule has 0 bridgehead atoms. The van der Waals surface area contributed by atoms with Crippen molar-refractivity contribution in [2.24, 2.45) is 0 Å². The van der Waals surface area contributed by atoms with Gasteiger partial charge in [0.1, 0.15) is 0 Å². The van der Waals surface area contributed by atoms with Crippen molar-refractivity contribution in [2.75, 3.05) is 13.7 Å². The molecule has 2 rings (SSSR count). The zero-order valence-corrected chi connectivity index (χ0v) is 12.3. The molecule has 0 aliphatic carbocycles. The Balaban J connectivity index is 2.14. The van der Waals surface area contributed by atoms with Gasteiger partial charge in [-0.1, -0.05) is 67.6 Å². The first kappa shape index (κ1) is 14.8. The van der Waals surface area contributed by atoms with Gasteiger partial charge in [0, 0.05) is 13.2 Å². The fourth-order valence-corrected chi connectivity index (χ4v) is 2.47. The number of ether oxygens (including phenoxy) is 1. The lowest BCUT2D eigenvalue weighted by Gasteiger charge is -2.25. The van der Waals surface area contributed by atoms with Crippen LogP contribution >= 0.6 is 0 Å². The number of methoxy groups -OCH3 is 1. The summed E-state index contributed by atoms with van der Waals surface area (Å²) in [6.45, 7) is 2.88. The van der Waals surface area contributed by atoms with Crippen LogP contribution in [-0.2, 0) is 4.74 Å². The first-order valence-corrected chi connectivity index (χ1v) is 7.20. The molecular formula is C18H23NO. The number of hydrogen-bond donors (Lipinski definition) is 1. The van der Waals surface area contributed by atoms with E-state index >= 15 is 0 Å². The molecule has 2 aromatic rings. The molecule has 0 saturated carbocycles. The van der Waals surface area contributed by atoms with Crippen LogP contribution in [0.2, 0.25) is 0 Å². The van der Waals surface area contributed by atoms with Gasteiger partial charge < -0.3 is 10.1 Å². The lowest BCUT2D eigenvalue weighted by molar-refractivity contribution is 0.160. The first-order valence-electron chi connectivity index (χ1n) is 7.20. The van der Waals surface area contributed by atoms with Gasteiger partial charge in [0.2, 0.25) is 0 Å². The molecule has 0 unspecified atom stereocenters. The Morgan fingerprint density at radius 1 is 0.850 bits per heavy atom. The summed E-state index contributed by atoms with van der Waals surface area (Å²) in [5, 5.41) is 3.71. The van der Waals surface area contributed by atoms with Crippen LogP contribution in [0.4, 0.5) is 0 Å². The minimum atomic E-state index is 0.214. The second-order valence-corrected chi connectivity index (χ2v) is 4.96. The fourth-order valence-electron chi connectivity index (χ4n) is 2.47. The Morgan fingerprint density at radius 3 is 1.80 bits per heavy atom. The van der Waals surface area contributed by atoms with Crippen molar-refractivity contribution in [1.82, 2.24) is 5.32 Å². The van der Waals surface area contributed by atoms with Crippen LogP contribution in [0.1, 0.15) is 36.6 Å². The molecule has 1 N–H and O–H groups in total. The molecule has 106 valence electrons. The minimum absolute atomic E-state index is 0.214. The summed E-state index contributed by atoms with van der Waals surface area (Å²) in [6.07, 6.45) is 1.05. The highest BCUT2D eigenvalue weighted by molar-refractivity contribution is 5.22. The van der Waals surface area contributed by atoms with E-state index in [1.54, 1.807) is 7.11 Å². The van der Waals surface area contributed by atoms with E-state index in [1.807, 2.05) is 6.07 Å². The van der Waals surface area contributed by atoms with Crippen LogP contribution in [0.25, 0.3) is 0 Å². The Hall–Kier alpha value is -1.64.